The summed E-state index contributed by atoms with van der Waals surface area (Å²) < 4.78 is 0. The maximum Gasteiger partial charge on any atom is 0.178 e. The summed E-state index contributed by atoms with van der Waals surface area (Å²) in [6.07, 6.45) is 6.81. The third kappa shape index (κ3) is 3.29. The van der Waals surface area contributed by atoms with Gasteiger partial charge in [-0.3, -0.25) is 0 Å². The van der Waals surface area contributed by atoms with Crippen LogP contribution >= 0.6 is 0 Å². The van der Waals surface area contributed by atoms with Gasteiger partial charge in [-0.2, -0.15) is 0 Å². The fourth-order valence-electron chi connectivity index (χ4n) is 1.32. The molecule has 0 unspecified atom stereocenters. The minimum atomic E-state index is 0.455. The van der Waals surface area contributed by atoms with E-state index in [0.717, 1.165) is 17.8 Å². The molecule has 0 saturated carbocycles. The van der Waals surface area contributed by atoms with E-state index in [4.69, 9.17) is 0 Å². The van der Waals surface area contributed by atoms with Crippen molar-refractivity contribution in [2.75, 3.05) is 0 Å². The van der Waals surface area contributed by atoms with Gasteiger partial charge in [-0.15, -0.1) is 0 Å². The lowest BCUT2D eigenvalue weighted by atomic mass is 10.3. The van der Waals surface area contributed by atoms with E-state index in [2.05, 4.69) is 39.1 Å². The Morgan fingerprint density at radius 2 is 1.94 bits per heavy atom. The van der Waals surface area contributed by atoms with E-state index in [9.17, 15) is 0 Å². The summed E-state index contributed by atoms with van der Waals surface area (Å²) in [5, 5.41) is 3.32. The molecule has 0 aliphatic heterocycles. The van der Waals surface area contributed by atoms with E-state index in [1.165, 1.54) is 6.33 Å². The topological polar surface area (TPSA) is 63.6 Å². The van der Waals surface area contributed by atoms with Crippen LogP contribution in [-0.4, -0.2) is 26.0 Å². The van der Waals surface area contributed by atoms with Gasteiger partial charge in [0.1, 0.15) is 12.0 Å². The van der Waals surface area contributed by atoms with Gasteiger partial charge in [-0.25, -0.2) is 19.9 Å². The molecule has 5 heteroatoms. The third-order valence-corrected chi connectivity index (χ3v) is 2.23. The molecule has 17 heavy (non-hydrogen) atoms. The number of aromatic nitrogens is 4. The average Bonchev–Trinajstić information content (AvgIpc) is 2.38. The normalized spacial score (nSPS) is 10.8. The van der Waals surface area contributed by atoms with E-state index >= 15 is 0 Å². The van der Waals surface area contributed by atoms with Gasteiger partial charge in [-0.1, -0.05) is 13.8 Å². The number of rotatable bonds is 4. The molecule has 2 aromatic rings. The van der Waals surface area contributed by atoms with Crippen molar-refractivity contribution in [2.24, 2.45) is 0 Å². The van der Waals surface area contributed by atoms with Crippen LogP contribution < -0.4 is 5.32 Å². The molecule has 0 aliphatic carbocycles. The number of hydrogen-bond acceptors (Lipinski definition) is 5. The molecular formula is C12H15N5. The molecule has 0 saturated heterocycles. The van der Waals surface area contributed by atoms with Crippen LogP contribution in [0, 0.1) is 0 Å². The summed E-state index contributed by atoms with van der Waals surface area (Å²) in [7, 11) is 0. The Hall–Kier alpha value is -1.88. The Bertz CT molecular complexity index is 452. The Kier molecular flexibility index (Phi) is 3.72. The van der Waals surface area contributed by atoms with Crippen LogP contribution in [0.2, 0.25) is 0 Å². The molecular weight excluding hydrogens is 214 g/mol. The van der Waals surface area contributed by atoms with E-state index in [0.29, 0.717) is 11.9 Å². The SMILES string of the molecule is CC(C)NCc1cnc(-c2ccncn2)nc1. The highest BCUT2D eigenvalue weighted by atomic mass is 14.9. The maximum atomic E-state index is 4.29. The number of nitrogens with one attached hydrogen (secondary N) is 1. The van der Waals surface area contributed by atoms with E-state index in [-0.39, 0.29) is 0 Å². The second-order valence-corrected chi connectivity index (χ2v) is 4.05. The lowest BCUT2D eigenvalue weighted by Gasteiger charge is -2.07. The second kappa shape index (κ2) is 5.45. The molecule has 5 nitrogen and oxygen atoms in total. The molecule has 0 aromatic carbocycles. The number of hydrogen-bond donors (Lipinski definition) is 1. The van der Waals surface area contributed by atoms with Crippen molar-refractivity contribution in [3.63, 3.8) is 0 Å². The maximum absolute atomic E-state index is 4.29. The fraction of sp³-hybridized carbons (Fsp3) is 0.333. The van der Waals surface area contributed by atoms with Crippen LogP contribution in [0.3, 0.4) is 0 Å². The molecule has 0 fully saturated rings. The van der Waals surface area contributed by atoms with Crippen molar-refractivity contribution in [1.29, 1.82) is 0 Å². The highest BCUT2D eigenvalue weighted by molar-refractivity contribution is 5.46. The monoisotopic (exact) mass is 229 g/mol. The molecule has 1 N–H and O–H groups in total. The molecule has 0 amide bonds. The molecule has 0 atom stereocenters. The molecule has 0 radical (unpaired) electrons. The average molecular weight is 229 g/mol. The molecule has 2 heterocycles. The summed E-state index contributed by atoms with van der Waals surface area (Å²) in [4.78, 5) is 16.5. The zero-order chi connectivity index (χ0) is 12.1. The molecule has 2 aromatic heterocycles. The zero-order valence-corrected chi connectivity index (χ0v) is 9.96. The highest BCUT2D eigenvalue weighted by Gasteiger charge is 2.02. The van der Waals surface area contributed by atoms with Crippen molar-refractivity contribution in [3.8, 4) is 11.5 Å². The van der Waals surface area contributed by atoms with Crippen LogP contribution in [0.25, 0.3) is 11.5 Å². The molecule has 88 valence electrons. The van der Waals surface area contributed by atoms with Crippen molar-refractivity contribution >= 4 is 0 Å². The summed E-state index contributed by atoms with van der Waals surface area (Å²) in [5.74, 6) is 0.626. The van der Waals surface area contributed by atoms with Crippen LogP contribution in [0.1, 0.15) is 19.4 Å². The van der Waals surface area contributed by atoms with Gasteiger partial charge in [0, 0.05) is 36.7 Å². The molecule has 0 bridgehead atoms. The zero-order valence-electron chi connectivity index (χ0n) is 9.96. The van der Waals surface area contributed by atoms with Crippen LogP contribution in [0.15, 0.2) is 31.0 Å². The summed E-state index contributed by atoms with van der Waals surface area (Å²) in [6.45, 7) is 4.99. The van der Waals surface area contributed by atoms with Crippen LogP contribution in [0.4, 0.5) is 0 Å². The predicted molar refractivity (Wildman–Crippen MR) is 65.0 cm³/mol. The van der Waals surface area contributed by atoms with Gasteiger partial charge in [0.05, 0.1) is 0 Å². The second-order valence-electron chi connectivity index (χ2n) is 4.05. The Balaban J connectivity index is 2.08. The van der Waals surface area contributed by atoms with E-state index < -0.39 is 0 Å². The third-order valence-electron chi connectivity index (χ3n) is 2.23. The lowest BCUT2D eigenvalue weighted by molar-refractivity contribution is 0.587. The summed E-state index contributed by atoms with van der Waals surface area (Å²) in [6, 6.07) is 2.25. The van der Waals surface area contributed by atoms with Crippen molar-refractivity contribution in [3.05, 3.63) is 36.5 Å². The first-order valence-corrected chi connectivity index (χ1v) is 5.56. The van der Waals surface area contributed by atoms with E-state index in [1.54, 1.807) is 12.3 Å². The van der Waals surface area contributed by atoms with Crippen LogP contribution in [0.5, 0.6) is 0 Å². The van der Waals surface area contributed by atoms with Crippen molar-refractivity contribution in [2.45, 2.75) is 26.4 Å². The van der Waals surface area contributed by atoms with Gasteiger partial charge in [0.15, 0.2) is 5.82 Å². The van der Waals surface area contributed by atoms with Crippen molar-refractivity contribution < 1.29 is 0 Å². The Morgan fingerprint density at radius 3 is 2.53 bits per heavy atom. The van der Waals surface area contributed by atoms with Crippen molar-refractivity contribution in [1.82, 2.24) is 25.3 Å². The first-order chi connectivity index (χ1) is 8.25. The summed E-state index contributed by atoms with van der Waals surface area (Å²) >= 11 is 0. The van der Waals surface area contributed by atoms with E-state index in [1.807, 2.05) is 12.4 Å². The first-order valence-electron chi connectivity index (χ1n) is 5.56. The fourth-order valence-corrected chi connectivity index (χ4v) is 1.32. The van der Waals surface area contributed by atoms with Gasteiger partial charge in [0.2, 0.25) is 0 Å². The quantitative estimate of drug-likeness (QED) is 0.859. The van der Waals surface area contributed by atoms with Gasteiger partial charge in [-0.05, 0) is 6.07 Å². The Labute approximate surface area is 100 Å². The minimum absolute atomic E-state index is 0.455. The van der Waals surface area contributed by atoms with Gasteiger partial charge >= 0.3 is 0 Å². The predicted octanol–water partition coefficient (Wildman–Crippen LogP) is 1.43. The van der Waals surface area contributed by atoms with Crippen LogP contribution in [-0.2, 0) is 6.54 Å². The first kappa shape index (κ1) is 11.6. The largest absolute Gasteiger partial charge is 0.310 e. The summed E-state index contributed by atoms with van der Waals surface area (Å²) in [5.41, 5.74) is 1.81. The molecule has 0 aliphatic rings. The lowest BCUT2D eigenvalue weighted by Crippen LogP contribution is -2.21. The van der Waals surface area contributed by atoms with Gasteiger partial charge < -0.3 is 5.32 Å². The highest BCUT2D eigenvalue weighted by Crippen LogP contribution is 2.09. The minimum Gasteiger partial charge on any atom is -0.310 e. The Morgan fingerprint density at radius 1 is 1.18 bits per heavy atom. The van der Waals surface area contributed by atoms with Gasteiger partial charge in [0.25, 0.3) is 0 Å². The molecule has 2 rings (SSSR count). The standard InChI is InChI=1S/C12H15N5/c1-9(2)14-5-10-6-15-12(16-7-10)11-3-4-13-8-17-11/h3-4,6-9,14H,5H2,1-2H3. The number of nitrogens with zero attached hydrogens (tertiary/aromatic N) is 4. The smallest absolute Gasteiger partial charge is 0.178 e. The molecule has 0 spiro atoms.